The number of phenols is 3. The van der Waals surface area contributed by atoms with Crippen LogP contribution in [0.1, 0.15) is 73.2 Å². The van der Waals surface area contributed by atoms with Crippen molar-refractivity contribution in [2.24, 2.45) is 0 Å². The van der Waals surface area contributed by atoms with Gasteiger partial charge in [0.2, 0.25) is 5.91 Å². The minimum Gasteiger partial charge on any atom is -0.507 e. The molecular formula is C34H43N5O8. The Morgan fingerprint density at radius 2 is 1.72 bits per heavy atom. The number of alkyl carbamates (subject to hydrolysis) is 1. The lowest BCUT2D eigenvalue weighted by molar-refractivity contribution is -0.123. The lowest BCUT2D eigenvalue weighted by Gasteiger charge is -2.57. The normalized spacial score (nSPS) is 22.0. The Morgan fingerprint density at radius 3 is 2.32 bits per heavy atom. The predicted octanol–water partition coefficient (Wildman–Crippen LogP) is 3.67. The molecular weight excluding hydrogens is 606 g/mol. The van der Waals surface area contributed by atoms with Gasteiger partial charge in [0.1, 0.15) is 23.4 Å². The van der Waals surface area contributed by atoms with Crippen molar-refractivity contribution in [3.05, 3.63) is 45.1 Å². The van der Waals surface area contributed by atoms with Crippen molar-refractivity contribution in [2.45, 2.75) is 83.8 Å². The van der Waals surface area contributed by atoms with Gasteiger partial charge in [-0.25, -0.2) is 4.79 Å². The predicted molar refractivity (Wildman–Crippen MR) is 172 cm³/mol. The minimum absolute atomic E-state index is 0.00951. The van der Waals surface area contributed by atoms with Crippen LogP contribution >= 0.6 is 0 Å². The van der Waals surface area contributed by atoms with Crippen molar-refractivity contribution >= 4 is 18.1 Å². The third kappa shape index (κ3) is 5.50. The maximum absolute atomic E-state index is 13.3. The SMILES string of the molecule is COc1c(C)cc2c(c1O)[C@@H]1C3=Cc4c(O)c(C)c(OC)c(O)c4[C@H](CNC(=O)[C@H](C)NC(=O)OC(C)(C)C)N3[C@@H](C#N)C(C2)N1C. The van der Waals surface area contributed by atoms with Crippen LogP contribution in [0.15, 0.2) is 11.8 Å². The van der Waals surface area contributed by atoms with Crippen LogP contribution in [-0.2, 0) is 16.0 Å². The molecule has 5 atom stereocenters. The molecule has 252 valence electrons. The molecule has 0 aromatic heterocycles. The number of aryl methyl sites for hydroxylation is 1. The lowest BCUT2D eigenvalue weighted by Crippen LogP contribution is -2.62. The van der Waals surface area contributed by atoms with Gasteiger partial charge in [-0.3, -0.25) is 9.69 Å². The fourth-order valence-corrected chi connectivity index (χ4v) is 7.20. The van der Waals surface area contributed by atoms with E-state index in [2.05, 4.69) is 16.7 Å². The molecule has 5 rings (SSSR count). The molecule has 2 aromatic rings. The van der Waals surface area contributed by atoms with Crippen LogP contribution < -0.4 is 20.1 Å². The van der Waals surface area contributed by atoms with Gasteiger partial charge in [-0.2, -0.15) is 5.26 Å². The van der Waals surface area contributed by atoms with Gasteiger partial charge >= 0.3 is 6.09 Å². The third-order valence-electron chi connectivity index (χ3n) is 9.25. The maximum Gasteiger partial charge on any atom is 0.408 e. The molecule has 3 heterocycles. The Kier molecular flexibility index (Phi) is 8.62. The van der Waals surface area contributed by atoms with E-state index < -0.39 is 41.8 Å². The molecule has 47 heavy (non-hydrogen) atoms. The molecule has 13 heteroatoms. The summed E-state index contributed by atoms with van der Waals surface area (Å²) in [5, 5.41) is 50.7. The van der Waals surface area contributed by atoms with Gasteiger partial charge in [0, 0.05) is 40.5 Å². The summed E-state index contributed by atoms with van der Waals surface area (Å²) in [7, 11) is 4.76. The number of benzene rings is 2. The zero-order valence-electron chi connectivity index (χ0n) is 28.2. The minimum atomic E-state index is -0.976. The van der Waals surface area contributed by atoms with Crippen molar-refractivity contribution in [2.75, 3.05) is 27.8 Å². The number of methoxy groups -OCH3 is 2. The van der Waals surface area contributed by atoms with E-state index >= 15 is 0 Å². The highest BCUT2D eigenvalue weighted by atomic mass is 16.6. The standard InChI is InChI=1S/C34H43N5O8/c1-15-10-18-11-20-22(13-35)39-21(26(38(20)7)24(18)28(41)30(15)45-8)12-19-25(29(42)31(46-9)16(2)27(19)40)23(39)14-36-32(43)17(3)37-33(44)47-34(4,5)6/h10,12,17,20,22-23,26,40-42H,11,14H2,1-9H3,(H,36,43)(H,37,44)/t17-,20?,22-,23-,26-/m0/s1. The van der Waals surface area contributed by atoms with E-state index in [9.17, 15) is 30.2 Å². The van der Waals surface area contributed by atoms with Crippen molar-refractivity contribution < 1.29 is 39.1 Å². The van der Waals surface area contributed by atoms with Gasteiger partial charge in [-0.05, 0) is 72.2 Å². The smallest absolute Gasteiger partial charge is 0.408 e. The first-order valence-electron chi connectivity index (χ1n) is 15.5. The number of nitrogens with zero attached hydrogens (tertiary/aromatic N) is 3. The molecule has 0 saturated carbocycles. The molecule has 3 aliphatic heterocycles. The number of nitrogens with one attached hydrogen (secondary N) is 2. The highest BCUT2D eigenvalue weighted by Gasteiger charge is 2.53. The second-order valence-electron chi connectivity index (χ2n) is 13.3. The number of aromatic hydroxyl groups is 3. The van der Waals surface area contributed by atoms with E-state index in [1.165, 1.54) is 21.1 Å². The van der Waals surface area contributed by atoms with Crippen LogP contribution in [0.5, 0.6) is 28.7 Å². The van der Waals surface area contributed by atoms with Crippen LogP contribution in [0.3, 0.4) is 0 Å². The van der Waals surface area contributed by atoms with Crippen molar-refractivity contribution in [1.82, 2.24) is 20.4 Å². The van der Waals surface area contributed by atoms with Crippen LogP contribution in [0, 0.1) is 25.2 Å². The summed E-state index contributed by atoms with van der Waals surface area (Å²) >= 11 is 0. The van der Waals surface area contributed by atoms with Gasteiger partial charge < -0.3 is 45.1 Å². The average molecular weight is 650 g/mol. The van der Waals surface area contributed by atoms with Crippen molar-refractivity contribution in [3.63, 3.8) is 0 Å². The molecule has 3 aliphatic rings. The maximum atomic E-state index is 13.3. The number of fused-ring (bicyclic) bond motifs is 7. The molecule has 1 unspecified atom stereocenters. The second-order valence-corrected chi connectivity index (χ2v) is 13.3. The molecule has 1 saturated heterocycles. The van der Waals surface area contributed by atoms with Crippen LogP contribution in [0.4, 0.5) is 4.79 Å². The van der Waals surface area contributed by atoms with E-state index in [1.54, 1.807) is 33.8 Å². The summed E-state index contributed by atoms with van der Waals surface area (Å²) in [6, 6.07) is 0.932. The fraction of sp³-hybridized carbons (Fsp3) is 0.500. The Balaban J connectivity index is 1.64. The highest BCUT2D eigenvalue weighted by molar-refractivity contribution is 5.85. The Bertz CT molecular complexity index is 1710. The number of ether oxygens (including phenoxy) is 3. The highest BCUT2D eigenvalue weighted by Crippen LogP contribution is 2.58. The van der Waals surface area contributed by atoms with Crippen LogP contribution in [-0.4, -0.2) is 88.7 Å². The number of hydrogen-bond acceptors (Lipinski definition) is 11. The summed E-state index contributed by atoms with van der Waals surface area (Å²) in [4.78, 5) is 29.6. The van der Waals surface area contributed by atoms with Gasteiger partial charge in [-0.15, -0.1) is 0 Å². The summed E-state index contributed by atoms with van der Waals surface area (Å²) in [6.45, 7) is 10.0. The zero-order valence-corrected chi connectivity index (χ0v) is 28.2. The second kappa shape index (κ2) is 12.1. The first kappa shape index (κ1) is 33.5. The number of piperazine rings is 1. The van der Waals surface area contributed by atoms with Gasteiger partial charge in [0.05, 0.1) is 32.4 Å². The van der Waals surface area contributed by atoms with E-state index in [0.29, 0.717) is 34.6 Å². The van der Waals surface area contributed by atoms with Crippen molar-refractivity contribution in [1.29, 1.82) is 5.26 Å². The molecule has 0 spiro atoms. The Hall–Kier alpha value is -4.83. The van der Waals surface area contributed by atoms with E-state index in [0.717, 1.165) is 11.1 Å². The van der Waals surface area contributed by atoms with Gasteiger partial charge in [0.15, 0.2) is 23.0 Å². The number of hydrogen-bond donors (Lipinski definition) is 5. The van der Waals surface area contributed by atoms with Crippen molar-refractivity contribution in [3.8, 4) is 34.8 Å². The lowest BCUT2D eigenvalue weighted by atomic mass is 9.75. The summed E-state index contributed by atoms with van der Waals surface area (Å²) in [5.41, 5.74) is 2.99. The first-order chi connectivity index (χ1) is 22.1. The van der Waals surface area contributed by atoms with Gasteiger partial charge in [0.25, 0.3) is 0 Å². The molecule has 0 aliphatic carbocycles. The number of likely N-dealkylation sites (N-methyl/N-ethyl adjacent to an activating group) is 1. The van der Waals surface area contributed by atoms with Crippen LogP contribution in [0.2, 0.25) is 0 Å². The zero-order chi connectivity index (χ0) is 34.7. The topological polar surface area (TPSA) is 177 Å². The summed E-state index contributed by atoms with van der Waals surface area (Å²) in [6.07, 6.45) is 1.42. The number of rotatable bonds is 6. The Labute approximate surface area is 274 Å². The molecule has 1 fully saturated rings. The number of carbonyl (C=O) groups excluding carboxylic acids is 2. The molecule has 13 nitrogen and oxygen atoms in total. The van der Waals surface area contributed by atoms with E-state index in [4.69, 9.17) is 14.2 Å². The molecule has 2 aromatic carbocycles. The monoisotopic (exact) mass is 649 g/mol. The largest absolute Gasteiger partial charge is 0.507 e. The fourth-order valence-electron chi connectivity index (χ4n) is 7.20. The average Bonchev–Trinajstić information content (AvgIpc) is 2.98. The molecule has 5 N–H and O–H groups in total. The third-order valence-corrected chi connectivity index (χ3v) is 9.25. The molecule has 0 radical (unpaired) electrons. The molecule has 2 amide bonds. The summed E-state index contributed by atoms with van der Waals surface area (Å²) in [5.74, 6) is -0.475. The first-order valence-corrected chi connectivity index (χ1v) is 15.5. The van der Waals surface area contributed by atoms with E-state index in [-0.39, 0.29) is 41.1 Å². The number of phenolic OH excluding ortho intramolecular Hbond substituents is 3. The number of amides is 2. The quantitative estimate of drug-likeness (QED) is 0.289. The number of carbonyl (C=O) groups is 2. The van der Waals surface area contributed by atoms with E-state index in [1.807, 2.05) is 29.8 Å². The molecule has 2 bridgehead atoms. The van der Waals surface area contributed by atoms with Crippen LogP contribution in [0.25, 0.3) is 6.08 Å². The summed E-state index contributed by atoms with van der Waals surface area (Å²) < 4.78 is 16.3. The Morgan fingerprint density at radius 1 is 1.09 bits per heavy atom. The number of nitriles is 1. The van der Waals surface area contributed by atoms with Gasteiger partial charge in [-0.1, -0.05) is 6.07 Å².